The number of rotatable bonds is 5. The van der Waals surface area contributed by atoms with Gasteiger partial charge in [0.25, 0.3) is 0 Å². The Morgan fingerprint density at radius 2 is 1.59 bits per heavy atom. The molecule has 0 fully saturated rings. The molecular weight excluding hydrogens is 374 g/mol. The third kappa shape index (κ3) is 8.43. The first-order valence-corrected chi connectivity index (χ1v) is 9.00. The van der Waals surface area contributed by atoms with Crippen molar-refractivity contribution in [2.24, 2.45) is 0 Å². The van der Waals surface area contributed by atoms with Crippen molar-refractivity contribution in [3.8, 4) is 0 Å². The van der Waals surface area contributed by atoms with Gasteiger partial charge in [0.05, 0.1) is 0 Å². The Balaban J connectivity index is -0.000000401. The second-order valence-corrected chi connectivity index (χ2v) is 6.86. The molecule has 0 spiro atoms. The summed E-state index contributed by atoms with van der Waals surface area (Å²) in [6.45, 7) is 8.94. The molecule has 0 unspecified atom stereocenters. The summed E-state index contributed by atoms with van der Waals surface area (Å²) in [7, 11) is 1.20. The molecule has 22 heavy (non-hydrogen) atoms. The van der Waals surface area contributed by atoms with E-state index in [0.717, 1.165) is 0 Å². The number of hydrogen-bond acceptors (Lipinski definition) is 0. The van der Waals surface area contributed by atoms with Gasteiger partial charge >= 0.3 is 26.2 Å². The molecule has 0 saturated heterocycles. The largest absolute Gasteiger partial charge is 3.00 e. The first-order chi connectivity index (χ1) is 9.24. The van der Waals surface area contributed by atoms with Gasteiger partial charge in [0, 0.05) is 9.52 Å². The van der Waals surface area contributed by atoms with Crippen molar-refractivity contribution < 1.29 is 35.6 Å². The quantitative estimate of drug-likeness (QED) is 0.481. The second-order valence-electron chi connectivity index (χ2n) is 4.94. The van der Waals surface area contributed by atoms with Crippen LogP contribution in [0.15, 0.2) is 30.3 Å². The Hall–Kier alpha value is -0.210. The van der Waals surface area contributed by atoms with E-state index in [1.807, 2.05) is 0 Å². The van der Waals surface area contributed by atoms with Gasteiger partial charge in [0.2, 0.25) is 0 Å². The zero-order valence-corrected chi connectivity index (χ0v) is 17.6. The predicted molar refractivity (Wildman–Crippen MR) is 89.6 cm³/mol. The van der Waals surface area contributed by atoms with E-state index in [-0.39, 0.29) is 35.6 Å². The van der Waals surface area contributed by atoms with Crippen LogP contribution in [0.3, 0.4) is 0 Å². The zero-order valence-electron chi connectivity index (χ0n) is 14.2. The average Bonchev–Trinajstić information content (AvgIpc) is 2.75. The van der Waals surface area contributed by atoms with E-state index >= 15 is 0 Å². The number of aryl methyl sites for hydroxylation is 2. The summed E-state index contributed by atoms with van der Waals surface area (Å²) in [5.74, 6) is 0. The van der Waals surface area contributed by atoms with Gasteiger partial charge in [-0.05, 0) is 6.42 Å². The first kappa shape index (κ1) is 26.7. The normalized spacial score (nSPS) is 8.91. The fraction of sp³-hybridized carbons (Fsp3) is 0.500. The van der Waals surface area contributed by atoms with E-state index in [1.165, 1.54) is 62.8 Å². The molecule has 2 aromatic rings. The number of halogens is 2. The molecule has 0 heterocycles. The second kappa shape index (κ2) is 15.7. The van der Waals surface area contributed by atoms with Gasteiger partial charge in [-0.3, -0.25) is 0 Å². The van der Waals surface area contributed by atoms with Crippen LogP contribution in [-0.2, 0) is 32.6 Å². The van der Waals surface area contributed by atoms with Gasteiger partial charge in [-0.2, -0.15) is 5.56 Å². The maximum absolute atomic E-state index is 2.35. The molecule has 0 nitrogen and oxygen atoms in total. The molecule has 0 amide bonds. The van der Waals surface area contributed by atoms with Gasteiger partial charge in [-0.15, -0.1) is 40.6 Å². The third-order valence-electron chi connectivity index (χ3n) is 3.48. The molecule has 121 valence electrons. The summed E-state index contributed by atoms with van der Waals surface area (Å²) < 4.78 is 0. The average molecular weight is 401 g/mol. The van der Waals surface area contributed by atoms with Gasteiger partial charge < -0.3 is 9.41 Å². The Morgan fingerprint density at radius 1 is 1.00 bits per heavy atom. The van der Waals surface area contributed by atoms with Crippen molar-refractivity contribution in [3.05, 3.63) is 41.5 Å². The van der Waals surface area contributed by atoms with Crippen molar-refractivity contribution in [1.29, 1.82) is 0 Å². The summed E-state index contributed by atoms with van der Waals surface area (Å²) in [4.78, 5) is 0. The van der Waals surface area contributed by atoms with Crippen molar-refractivity contribution in [2.75, 3.05) is 0 Å². The zero-order chi connectivity index (χ0) is 14.1. The molecule has 0 bridgehead atoms. The molecule has 0 aliphatic rings. The molecule has 2 aromatic carbocycles. The Morgan fingerprint density at radius 3 is 2.05 bits per heavy atom. The van der Waals surface area contributed by atoms with Crippen molar-refractivity contribution in [1.82, 2.24) is 0 Å². The van der Waals surface area contributed by atoms with Crippen LogP contribution in [-0.4, -0.2) is 9.52 Å². The van der Waals surface area contributed by atoms with Crippen LogP contribution in [0.2, 0.25) is 12.1 Å². The molecule has 0 aliphatic heterocycles. The SMILES string of the molecule is CCCCc1[cH-]c2ccccc2c1C.CC[Si]CC.[F-].[F-].[Zr+3]. The molecule has 0 N–H and O–H groups in total. The Labute approximate surface area is 156 Å². The maximum Gasteiger partial charge on any atom is 3.00 e. The molecule has 2 rings (SSSR count). The smallest absolute Gasteiger partial charge is 1.00 e. The molecule has 0 atom stereocenters. The number of fused-ring (bicyclic) bond motifs is 1. The standard InChI is InChI=1S/C14H17.C4H10Si.2FH.Zr/c1-3-4-7-12-10-13-8-5-6-9-14(13)11(12)2;1-3-5-4-2;;;/h5-6,8-10H,3-4,7H2,1-2H3;3-4H2,1-2H3;2*1H;/q-1;;;;+3/p-2. The van der Waals surface area contributed by atoms with Crippen LogP contribution in [0, 0.1) is 6.92 Å². The van der Waals surface area contributed by atoms with Crippen LogP contribution in [0.25, 0.3) is 10.8 Å². The maximum atomic E-state index is 2.35. The fourth-order valence-electron chi connectivity index (χ4n) is 2.31. The van der Waals surface area contributed by atoms with Crippen molar-refractivity contribution in [2.45, 2.75) is 59.0 Å². The van der Waals surface area contributed by atoms with E-state index in [0.29, 0.717) is 0 Å². The van der Waals surface area contributed by atoms with E-state index < -0.39 is 0 Å². The van der Waals surface area contributed by atoms with E-state index in [4.69, 9.17) is 0 Å². The molecule has 0 aliphatic carbocycles. The van der Waals surface area contributed by atoms with E-state index in [1.54, 1.807) is 0 Å². The van der Waals surface area contributed by atoms with Crippen LogP contribution in [0.1, 0.15) is 44.7 Å². The minimum atomic E-state index is 0. The van der Waals surface area contributed by atoms with Crippen LogP contribution in [0.5, 0.6) is 0 Å². The summed E-state index contributed by atoms with van der Waals surface area (Å²) in [5, 5.41) is 2.83. The summed E-state index contributed by atoms with van der Waals surface area (Å²) in [6.07, 6.45) is 3.81. The van der Waals surface area contributed by atoms with Gasteiger partial charge in [0.15, 0.2) is 0 Å². The Bertz CT molecular complexity index is 481. The fourth-order valence-corrected chi connectivity index (χ4v) is 2.81. The van der Waals surface area contributed by atoms with Crippen LogP contribution in [0.4, 0.5) is 0 Å². The van der Waals surface area contributed by atoms with Gasteiger partial charge in [-0.1, -0.05) is 58.7 Å². The minimum Gasteiger partial charge on any atom is -1.00 e. The van der Waals surface area contributed by atoms with Gasteiger partial charge in [-0.25, -0.2) is 0 Å². The molecular formula is C18H27F2SiZr. The molecule has 0 saturated carbocycles. The topological polar surface area (TPSA) is 0 Å². The number of benzene rings is 1. The van der Waals surface area contributed by atoms with Crippen LogP contribution >= 0.6 is 0 Å². The van der Waals surface area contributed by atoms with Crippen molar-refractivity contribution >= 4 is 20.3 Å². The summed E-state index contributed by atoms with van der Waals surface area (Å²) >= 11 is 0. The van der Waals surface area contributed by atoms with Crippen molar-refractivity contribution in [3.63, 3.8) is 0 Å². The first-order valence-electron chi connectivity index (χ1n) is 7.59. The minimum absolute atomic E-state index is 0. The number of unbranched alkanes of at least 4 members (excludes halogenated alkanes) is 1. The third-order valence-corrected chi connectivity index (χ3v) is 4.48. The molecule has 3 radical (unpaired) electrons. The molecule has 4 heteroatoms. The Kier molecular flexibility index (Phi) is 19.0. The van der Waals surface area contributed by atoms with Crippen LogP contribution < -0.4 is 9.41 Å². The molecule has 0 aromatic heterocycles. The van der Waals surface area contributed by atoms with E-state index in [2.05, 4.69) is 58.0 Å². The summed E-state index contributed by atoms with van der Waals surface area (Å²) in [5.41, 5.74) is 3.02. The van der Waals surface area contributed by atoms with E-state index in [9.17, 15) is 0 Å². The van der Waals surface area contributed by atoms with Gasteiger partial charge in [0.1, 0.15) is 0 Å². The monoisotopic (exact) mass is 399 g/mol. The summed E-state index contributed by atoms with van der Waals surface area (Å²) in [6, 6.07) is 13.8. The predicted octanol–water partition coefficient (Wildman–Crippen LogP) is -0.218. The number of hydrogen-bond donors (Lipinski definition) is 0.